The van der Waals surface area contributed by atoms with Crippen LogP contribution in [0.1, 0.15) is 35.3 Å². The summed E-state index contributed by atoms with van der Waals surface area (Å²) in [5.41, 5.74) is 1.40. The fourth-order valence-corrected chi connectivity index (χ4v) is 3.72. The van der Waals surface area contributed by atoms with E-state index < -0.39 is 22.0 Å². The molecular weight excluding hydrogens is 356 g/mol. The molecule has 1 aromatic carbocycles. The van der Waals surface area contributed by atoms with Crippen LogP contribution in [0.3, 0.4) is 0 Å². The molecule has 8 heteroatoms. The molecule has 0 aliphatic carbocycles. The van der Waals surface area contributed by atoms with Crippen LogP contribution in [0.5, 0.6) is 5.88 Å². The average molecular weight is 376 g/mol. The van der Waals surface area contributed by atoms with Crippen molar-refractivity contribution in [2.45, 2.75) is 38.7 Å². The number of nitrogens with zero attached hydrogens (tertiary/aromatic N) is 1. The Kier molecular flexibility index (Phi) is 5.76. The van der Waals surface area contributed by atoms with Crippen LogP contribution in [0.2, 0.25) is 0 Å². The van der Waals surface area contributed by atoms with Crippen molar-refractivity contribution in [3.8, 4) is 5.88 Å². The monoisotopic (exact) mass is 376 g/mol. The van der Waals surface area contributed by atoms with Crippen molar-refractivity contribution < 1.29 is 22.7 Å². The Morgan fingerprint density at radius 1 is 1.15 bits per heavy atom. The summed E-state index contributed by atoms with van der Waals surface area (Å²) in [6.45, 7) is 6.10. The topological polar surface area (TPSA) is 102 Å². The Labute approximate surface area is 152 Å². The lowest BCUT2D eigenvalue weighted by atomic mass is 10.0. The van der Waals surface area contributed by atoms with Crippen LogP contribution in [0.4, 0.5) is 0 Å². The number of hydrogen-bond donors (Lipinski definition) is 1. The number of Topliss-reactive ketones (excluding diaryl/α,β-unsaturated/α-hetero) is 1. The number of carbonyl (C=O) groups is 2. The molecule has 0 aliphatic rings. The summed E-state index contributed by atoms with van der Waals surface area (Å²) in [4.78, 5) is 27.7. The van der Waals surface area contributed by atoms with E-state index in [0.717, 1.165) is 0 Å². The van der Waals surface area contributed by atoms with E-state index in [2.05, 4.69) is 4.98 Å². The third kappa shape index (κ3) is 4.45. The van der Waals surface area contributed by atoms with Gasteiger partial charge in [0.05, 0.1) is 4.90 Å². The van der Waals surface area contributed by atoms with Gasteiger partial charge >= 0.3 is 0 Å². The minimum absolute atomic E-state index is 0.119. The lowest BCUT2D eigenvalue weighted by Crippen LogP contribution is -2.40. The molecule has 0 spiro atoms. The fourth-order valence-electron chi connectivity index (χ4n) is 2.42. The summed E-state index contributed by atoms with van der Waals surface area (Å²) in [6, 6.07) is 7.81. The van der Waals surface area contributed by atoms with E-state index in [1.54, 1.807) is 38.1 Å². The summed E-state index contributed by atoms with van der Waals surface area (Å²) >= 11 is 0. The molecule has 0 aliphatic heterocycles. The molecule has 2 rings (SSSR count). The van der Waals surface area contributed by atoms with Crippen molar-refractivity contribution in [3.05, 3.63) is 53.2 Å². The van der Waals surface area contributed by atoms with Gasteiger partial charge in [-0.2, -0.15) is 0 Å². The standard InChI is InChI=1S/C18H20N2O5S/c1-11-9-12(2)16(10-15(11)13(3)21)26(23,24)20-18(22)14(4)25-17-7-5-6-8-19-17/h5-10,14H,1-4H3,(H,20,22). The van der Waals surface area contributed by atoms with Crippen LogP contribution in [0.25, 0.3) is 0 Å². The van der Waals surface area contributed by atoms with Gasteiger partial charge in [0.2, 0.25) is 5.88 Å². The van der Waals surface area contributed by atoms with Crippen LogP contribution in [0.15, 0.2) is 41.4 Å². The van der Waals surface area contributed by atoms with Crippen molar-refractivity contribution >= 4 is 21.7 Å². The Morgan fingerprint density at radius 2 is 1.85 bits per heavy atom. The molecule has 1 heterocycles. The number of ketones is 1. The lowest BCUT2D eigenvalue weighted by Gasteiger charge is -2.16. The van der Waals surface area contributed by atoms with Crippen molar-refractivity contribution in [2.75, 3.05) is 0 Å². The summed E-state index contributed by atoms with van der Waals surface area (Å²) < 4.78 is 32.5. The van der Waals surface area contributed by atoms with Gasteiger partial charge in [-0.3, -0.25) is 9.59 Å². The number of hydrogen-bond acceptors (Lipinski definition) is 6. The van der Waals surface area contributed by atoms with Gasteiger partial charge in [-0.1, -0.05) is 12.1 Å². The maximum Gasteiger partial charge on any atom is 0.274 e. The molecule has 1 aromatic heterocycles. The highest BCUT2D eigenvalue weighted by Crippen LogP contribution is 2.21. The molecule has 1 amide bonds. The van der Waals surface area contributed by atoms with Gasteiger partial charge in [0.15, 0.2) is 11.9 Å². The second-order valence-electron chi connectivity index (χ2n) is 5.89. The summed E-state index contributed by atoms with van der Waals surface area (Å²) in [7, 11) is -4.15. The molecule has 1 unspecified atom stereocenters. The fraction of sp³-hybridized carbons (Fsp3) is 0.278. The normalized spacial score (nSPS) is 12.3. The Balaban J connectivity index is 2.24. The molecule has 7 nitrogen and oxygen atoms in total. The molecule has 138 valence electrons. The van der Waals surface area contributed by atoms with Gasteiger partial charge in [0, 0.05) is 17.8 Å². The highest BCUT2D eigenvalue weighted by atomic mass is 32.2. The minimum Gasteiger partial charge on any atom is -0.464 e. The quantitative estimate of drug-likeness (QED) is 0.775. The smallest absolute Gasteiger partial charge is 0.274 e. The van der Waals surface area contributed by atoms with Gasteiger partial charge in [0.1, 0.15) is 0 Å². The van der Waals surface area contributed by atoms with Crippen molar-refractivity contribution in [2.24, 2.45) is 0 Å². The lowest BCUT2D eigenvalue weighted by molar-refractivity contribution is -0.125. The van der Waals surface area contributed by atoms with E-state index in [9.17, 15) is 18.0 Å². The summed E-state index contributed by atoms with van der Waals surface area (Å²) in [5, 5.41) is 0. The molecule has 2 aromatic rings. The third-order valence-electron chi connectivity index (χ3n) is 3.73. The summed E-state index contributed by atoms with van der Waals surface area (Å²) in [6.07, 6.45) is 0.424. The first-order chi connectivity index (χ1) is 12.1. The van der Waals surface area contributed by atoms with E-state index in [0.29, 0.717) is 16.7 Å². The first-order valence-electron chi connectivity index (χ1n) is 7.88. The molecule has 0 bridgehead atoms. The molecule has 26 heavy (non-hydrogen) atoms. The molecule has 0 saturated heterocycles. The van der Waals surface area contributed by atoms with Gasteiger partial charge in [-0.25, -0.2) is 18.1 Å². The zero-order valence-corrected chi connectivity index (χ0v) is 15.8. The molecule has 0 saturated carbocycles. The average Bonchev–Trinajstić information content (AvgIpc) is 2.54. The van der Waals surface area contributed by atoms with Crippen molar-refractivity contribution in [1.82, 2.24) is 9.71 Å². The number of pyridine rings is 1. The maximum atomic E-state index is 12.6. The van der Waals surface area contributed by atoms with Crippen LogP contribution in [0, 0.1) is 13.8 Å². The van der Waals surface area contributed by atoms with E-state index in [-0.39, 0.29) is 16.6 Å². The number of rotatable bonds is 6. The van der Waals surface area contributed by atoms with Crippen LogP contribution >= 0.6 is 0 Å². The van der Waals surface area contributed by atoms with Gasteiger partial charge in [-0.15, -0.1) is 0 Å². The number of aromatic nitrogens is 1. The molecule has 1 N–H and O–H groups in total. The maximum absolute atomic E-state index is 12.6. The van der Waals surface area contributed by atoms with E-state index in [4.69, 9.17) is 4.74 Å². The van der Waals surface area contributed by atoms with Gasteiger partial charge < -0.3 is 4.74 Å². The first kappa shape index (κ1) is 19.6. The van der Waals surface area contributed by atoms with Crippen molar-refractivity contribution in [3.63, 3.8) is 0 Å². The number of ether oxygens (including phenoxy) is 1. The van der Waals surface area contributed by atoms with Crippen molar-refractivity contribution in [1.29, 1.82) is 0 Å². The Bertz CT molecular complexity index is 940. The zero-order chi connectivity index (χ0) is 19.5. The summed E-state index contributed by atoms with van der Waals surface area (Å²) in [5.74, 6) is -0.880. The van der Waals surface area contributed by atoms with E-state index >= 15 is 0 Å². The number of aryl methyl sites for hydroxylation is 2. The van der Waals surface area contributed by atoms with Crippen LogP contribution in [-0.4, -0.2) is 31.2 Å². The largest absolute Gasteiger partial charge is 0.464 e. The number of benzene rings is 1. The minimum atomic E-state index is -4.15. The third-order valence-corrected chi connectivity index (χ3v) is 5.22. The van der Waals surface area contributed by atoms with Gasteiger partial charge in [0.25, 0.3) is 15.9 Å². The highest BCUT2D eigenvalue weighted by Gasteiger charge is 2.25. The zero-order valence-electron chi connectivity index (χ0n) is 14.9. The Hall–Kier alpha value is -2.74. The molecule has 1 atom stereocenters. The molecule has 0 radical (unpaired) electrons. The number of amides is 1. The SMILES string of the molecule is CC(=O)c1cc(S(=O)(=O)NC(=O)C(C)Oc2ccccn2)c(C)cc1C. The number of carbonyl (C=O) groups excluding carboxylic acids is 2. The van der Waals surface area contributed by atoms with Crippen LogP contribution < -0.4 is 9.46 Å². The van der Waals surface area contributed by atoms with E-state index in [1.165, 1.54) is 26.1 Å². The number of sulfonamides is 1. The van der Waals surface area contributed by atoms with E-state index in [1.807, 2.05) is 4.72 Å². The predicted octanol–water partition coefficient (Wildman–Crippen LogP) is 2.17. The first-order valence-corrected chi connectivity index (χ1v) is 9.36. The number of nitrogens with one attached hydrogen (secondary N) is 1. The highest BCUT2D eigenvalue weighted by molar-refractivity contribution is 7.90. The molecular formula is C18H20N2O5S. The second-order valence-corrected chi connectivity index (χ2v) is 7.54. The second kappa shape index (κ2) is 7.65. The van der Waals surface area contributed by atoms with Gasteiger partial charge in [-0.05, 0) is 51.0 Å². The molecule has 0 fully saturated rings. The predicted molar refractivity (Wildman–Crippen MR) is 95.6 cm³/mol. The Morgan fingerprint density at radius 3 is 2.42 bits per heavy atom. The van der Waals surface area contributed by atoms with Crippen LogP contribution in [-0.2, 0) is 14.8 Å².